The van der Waals surface area contributed by atoms with Gasteiger partial charge in [0.15, 0.2) is 5.16 Å². The molecule has 0 bridgehead atoms. The molecule has 0 aliphatic carbocycles. The van der Waals surface area contributed by atoms with Crippen molar-refractivity contribution in [2.24, 2.45) is 0 Å². The SMILES string of the molecule is CN(C)CCONC(=O)c1ncnc(Sc2ccc(NC(=O)Nc3ccc(Cl)c(C(F)(F)F)c3)cc2)n1. The van der Waals surface area contributed by atoms with Crippen LogP contribution in [-0.4, -0.2) is 59.0 Å². The number of aromatic nitrogens is 3. The normalized spacial score (nSPS) is 11.3. The summed E-state index contributed by atoms with van der Waals surface area (Å²) < 4.78 is 39.0. The molecule has 0 aliphatic heterocycles. The van der Waals surface area contributed by atoms with E-state index in [1.807, 2.05) is 19.0 Å². The Morgan fingerprint density at radius 1 is 1.05 bits per heavy atom. The highest BCUT2D eigenvalue weighted by Gasteiger charge is 2.33. The highest BCUT2D eigenvalue weighted by atomic mass is 35.5. The number of halogens is 4. The van der Waals surface area contributed by atoms with Crippen molar-refractivity contribution in [1.82, 2.24) is 25.3 Å². The summed E-state index contributed by atoms with van der Waals surface area (Å²) in [5.74, 6) is -0.732. The van der Waals surface area contributed by atoms with Crippen molar-refractivity contribution in [3.63, 3.8) is 0 Å². The lowest BCUT2D eigenvalue weighted by molar-refractivity contribution is -0.137. The van der Waals surface area contributed by atoms with Gasteiger partial charge in [-0.05, 0) is 68.3 Å². The Morgan fingerprint density at radius 2 is 1.73 bits per heavy atom. The van der Waals surface area contributed by atoms with E-state index < -0.39 is 28.7 Å². The maximum absolute atomic E-state index is 13.0. The van der Waals surface area contributed by atoms with Crippen LogP contribution in [0.15, 0.2) is 58.8 Å². The predicted octanol–water partition coefficient (Wildman–Crippen LogP) is 4.56. The minimum atomic E-state index is -4.65. The summed E-state index contributed by atoms with van der Waals surface area (Å²) in [6.45, 7) is 0.906. The molecule has 3 amide bonds. The van der Waals surface area contributed by atoms with E-state index in [2.05, 4.69) is 31.1 Å². The van der Waals surface area contributed by atoms with Crippen molar-refractivity contribution < 1.29 is 27.6 Å². The van der Waals surface area contributed by atoms with Gasteiger partial charge in [0, 0.05) is 22.8 Å². The molecule has 15 heteroatoms. The van der Waals surface area contributed by atoms with Gasteiger partial charge in [-0.1, -0.05) is 11.6 Å². The van der Waals surface area contributed by atoms with E-state index in [4.69, 9.17) is 16.4 Å². The molecular formula is C22H21ClF3N7O3S. The fraction of sp³-hybridized carbons (Fsp3) is 0.227. The smallest absolute Gasteiger partial charge is 0.308 e. The first kappa shape index (κ1) is 28.1. The minimum absolute atomic E-state index is 0.0702. The number of alkyl halides is 3. The molecule has 1 aromatic heterocycles. The zero-order chi connectivity index (χ0) is 27.0. The summed E-state index contributed by atoms with van der Waals surface area (Å²) in [6.07, 6.45) is -3.45. The number of carbonyl (C=O) groups is 2. The van der Waals surface area contributed by atoms with Crippen molar-refractivity contribution in [1.29, 1.82) is 0 Å². The number of amides is 3. The van der Waals surface area contributed by atoms with Gasteiger partial charge in [-0.2, -0.15) is 18.2 Å². The number of urea groups is 1. The lowest BCUT2D eigenvalue weighted by Gasteiger charge is -2.12. The molecule has 0 unspecified atom stereocenters. The second kappa shape index (κ2) is 12.7. The van der Waals surface area contributed by atoms with Gasteiger partial charge in [0.25, 0.3) is 0 Å². The fourth-order valence-electron chi connectivity index (χ4n) is 2.66. The number of hydrogen-bond donors (Lipinski definition) is 3. The second-order valence-corrected chi connectivity index (χ2v) is 9.02. The van der Waals surface area contributed by atoms with E-state index in [-0.39, 0.29) is 23.3 Å². The molecule has 1 heterocycles. The van der Waals surface area contributed by atoms with Gasteiger partial charge < -0.3 is 15.5 Å². The third kappa shape index (κ3) is 8.86. The average Bonchev–Trinajstić information content (AvgIpc) is 2.83. The Bertz CT molecular complexity index is 1250. The number of hydrogen-bond acceptors (Lipinski definition) is 8. The first-order valence-corrected chi connectivity index (χ1v) is 11.7. The van der Waals surface area contributed by atoms with Crippen molar-refractivity contribution in [2.45, 2.75) is 16.2 Å². The van der Waals surface area contributed by atoms with E-state index in [1.165, 1.54) is 12.4 Å². The molecule has 0 aliphatic rings. The van der Waals surface area contributed by atoms with Crippen LogP contribution in [0.25, 0.3) is 0 Å². The third-order valence-corrected chi connectivity index (χ3v) is 5.63. The van der Waals surface area contributed by atoms with Crippen LogP contribution in [0.5, 0.6) is 0 Å². The largest absolute Gasteiger partial charge is 0.417 e. The van der Waals surface area contributed by atoms with Crippen LogP contribution >= 0.6 is 23.4 Å². The van der Waals surface area contributed by atoms with Crippen LogP contribution < -0.4 is 16.1 Å². The lowest BCUT2D eigenvalue weighted by atomic mass is 10.2. The Labute approximate surface area is 218 Å². The van der Waals surface area contributed by atoms with Crippen molar-refractivity contribution in [3.05, 3.63) is 65.2 Å². The molecule has 3 N–H and O–H groups in total. The van der Waals surface area contributed by atoms with Crippen LogP contribution in [0.1, 0.15) is 16.2 Å². The van der Waals surface area contributed by atoms with Crippen molar-refractivity contribution in [2.75, 3.05) is 37.9 Å². The number of nitrogens with zero attached hydrogens (tertiary/aromatic N) is 4. The molecule has 37 heavy (non-hydrogen) atoms. The van der Waals surface area contributed by atoms with Gasteiger partial charge in [0.2, 0.25) is 5.82 Å². The summed E-state index contributed by atoms with van der Waals surface area (Å²) in [6, 6.07) is 8.82. The topological polar surface area (TPSA) is 121 Å². The molecule has 2 aromatic carbocycles. The number of anilines is 2. The average molecular weight is 556 g/mol. The highest BCUT2D eigenvalue weighted by Crippen LogP contribution is 2.36. The second-order valence-electron chi connectivity index (χ2n) is 7.57. The van der Waals surface area contributed by atoms with Gasteiger partial charge >= 0.3 is 18.1 Å². The number of hydroxylamine groups is 1. The molecule has 196 valence electrons. The van der Waals surface area contributed by atoms with Gasteiger partial charge in [0.05, 0.1) is 17.2 Å². The van der Waals surface area contributed by atoms with E-state index in [0.717, 1.165) is 23.9 Å². The van der Waals surface area contributed by atoms with Crippen LogP contribution in [0.2, 0.25) is 5.02 Å². The van der Waals surface area contributed by atoms with E-state index in [9.17, 15) is 22.8 Å². The van der Waals surface area contributed by atoms with E-state index in [0.29, 0.717) is 17.1 Å². The first-order valence-electron chi connectivity index (χ1n) is 10.5. The predicted molar refractivity (Wildman–Crippen MR) is 131 cm³/mol. The fourth-order valence-corrected chi connectivity index (χ4v) is 3.60. The van der Waals surface area contributed by atoms with E-state index >= 15 is 0 Å². The number of benzene rings is 2. The third-order valence-electron chi connectivity index (χ3n) is 4.41. The number of rotatable bonds is 9. The Balaban J connectivity index is 1.55. The summed E-state index contributed by atoms with van der Waals surface area (Å²) in [4.78, 5) is 44.0. The number of likely N-dealkylation sites (N-methyl/N-ethyl adjacent to an activating group) is 1. The zero-order valence-corrected chi connectivity index (χ0v) is 21.0. The summed E-state index contributed by atoms with van der Waals surface area (Å²) in [5, 5.41) is 4.65. The number of carbonyl (C=O) groups excluding carboxylic acids is 2. The van der Waals surface area contributed by atoms with Crippen LogP contribution in [0, 0.1) is 0 Å². The molecular weight excluding hydrogens is 535 g/mol. The molecule has 10 nitrogen and oxygen atoms in total. The molecule has 0 saturated carbocycles. The molecule has 3 rings (SSSR count). The Hall–Kier alpha value is -3.46. The maximum Gasteiger partial charge on any atom is 0.417 e. The Kier molecular flexibility index (Phi) is 9.63. The molecule has 3 aromatic rings. The van der Waals surface area contributed by atoms with Crippen LogP contribution in [-0.2, 0) is 11.0 Å². The van der Waals surface area contributed by atoms with Gasteiger partial charge in [-0.3, -0.25) is 9.63 Å². The minimum Gasteiger partial charge on any atom is -0.308 e. The first-order chi connectivity index (χ1) is 17.5. The Morgan fingerprint density at radius 3 is 2.41 bits per heavy atom. The molecule has 0 spiro atoms. The summed E-state index contributed by atoms with van der Waals surface area (Å²) in [7, 11) is 3.74. The highest BCUT2D eigenvalue weighted by molar-refractivity contribution is 7.99. The van der Waals surface area contributed by atoms with Gasteiger partial charge in [-0.25, -0.2) is 20.2 Å². The molecule has 0 radical (unpaired) electrons. The lowest BCUT2D eigenvalue weighted by Crippen LogP contribution is -2.29. The van der Waals surface area contributed by atoms with Gasteiger partial charge in [-0.15, -0.1) is 0 Å². The number of nitrogens with one attached hydrogen (secondary N) is 3. The standard InChI is InChI=1S/C22H21ClF3N7O3S/c1-33(2)9-10-36-32-19(34)18-27-12-28-21(31-18)37-15-6-3-13(4-7-15)29-20(35)30-14-5-8-17(23)16(11-14)22(24,25)26/h3-8,11-12H,9-10H2,1-2H3,(H,32,34)(H2,29,30,35). The summed E-state index contributed by atoms with van der Waals surface area (Å²) >= 11 is 6.74. The molecule has 0 saturated heterocycles. The molecule has 0 atom stereocenters. The van der Waals surface area contributed by atoms with Crippen molar-refractivity contribution >= 4 is 46.7 Å². The maximum atomic E-state index is 13.0. The van der Waals surface area contributed by atoms with Crippen LogP contribution in [0.4, 0.5) is 29.3 Å². The van der Waals surface area contributed by atoms with Gasteiger partial charge in [0.1, 0.15) is 6.33 Å². The zero-order valence-electron chi connectivity index (χ0n) is 19.5. The van der Waals surface area contributed by atoms with Crippen molar-refractivity contribution in [3.8, 4) is 0 Å². The van der Waals surface area contributed by atoms with E-state index in [1.54, 1.807) is 24.3 Å². The molecule has 0 fully saturated rings. The van der Waals surface area contributed by atoms with Crippen LogP contribution in [0.3, 0.4) is 0 Å². The summed E-state index contributed by atoms with van der Waals surface area (Å²) in [5.41, 5.74) is 1.53. The quantitative estimate of drug-likeness (QED) is 0.259. The monoisotopic (exact) mass is 555 g/mol.